The Labute approximate surface area is 146 Å². The Kier molecular flexibility index (Phi) is 5.38. The van der Waals surface area contributed by atoms with Crippen LogP contribution < -0.4 is 24.8 Å². The van der Waals surface area contributed by atoms with Crippen molar-refractivity contribution in [3.63, 3.8) is 0 Å². The first-order chi connectivity index (χ1) is 11.7. The van der Waals surface area contributed by atoms with Gasteiger partial charge in [-0.15, -0.1) is 0 Å². The standard InChI is InChI=1S/C18H20N2O3S/c1-21-15-5-2-13(3-6-15)8-9-19-18(24)20-14-4-7-16-17(12-14)23-11-10-22-16/h2-7,12H,8-11H2,1H3,(H2,19,20,24). The maximum atomic E-state index is 5.56. The summed E-state index contributed by atoms with van der Waals surface area (Å²) in [6.07, 6.45) is 0.882. The number of methoxy groups -OCH3 is 1. The number of fused-ring (bicyclic) bond motifs is 1. The van der Waals surface area contributed by atoms with E-state index in [9.17, 15) is 0 Å². The SMILES string of the molecule is COc1ccc(CCNC(=S)Nc2ccc3c(c2)OCCO3)cc1. The zero-order valence-electron chi connectivity index (χ0n) is 13.5. The molecule has 0 aliphatic carbocycles. The molecule has 5 nitrogen and oxygen atoms in total. The van der Waals surface area contributed by atoms with Crippen LogP contribution in [0.25, 0.3) is 0 Å². The van der Waals surface area contributed by atoms with Crippen LogP contribution in [0, 0.1) is 0 Å². The summed E-state index contributed by atoms with van der Waals surface area (Å²) in [5.41, 5.74) is 2.10. The fourth-order valence-corrected chi connectivity index (χ4v) is 2.63. The Morgan fingerprint density at radius 1 is 1.08 bits per heavy atom. The fourth-order valence-electron chi connectivity index (χ4n) is 2.41. The zero-order valence-corrected chi connectivity index (χ0v) is 14.3. The van der Waals surface area contributed by atoms with E-state index >= 15 is 0 Å². The molecule has 1 aliphatic rings. The average molecular weight is 344 g/mol. The molecule has 1 aliphatic heterocycles. The summed E-state index contributed by atoms with van der Waals surface area (Å²) in [6.45, 7) is 1.91. The molecule has 0 atom stereocenters. The van der Waals surface area contributed by atoms with Crippen molar-refractivity contribution in [1.29, 1.82) is 0 Å². The Balaban J connectivity index is 1.47. The maximum Gasteiger partial charge on any atom is 0.170 e. The molecule has 0 saturated carbocycles. The highest BCUT2D eigenvalue weighted by molar-refractivity contribution is 7.80. The van der Waals surface area contributed by atoms with E-state index in [0.29, 0.717) is 18.3 Å². The van der Waals surface area contributed by atoms with Crippen molar-refractivity contribution in [3.8, 4) is 17.2 Å². The number of benzene rings is 2. The first kappa shape index (κ1) is 16.4. The van der Waals surface area contributed by atoms with Crippen molar-refractivity contribution in [3.05, 3.63) is 48.0 Å². The van der Waals surface area contributed by atoms with Gasteiger partial charge in [-0.3, -0.25) is 0 Å². The summed E-state index contributed by atoms with van der Waals surface area (Å²) in [5.74, 6) is 2.37. The molecule has 0 fully saturated rings. The number of hydrogen-bond acceptors (Lipinski definition) is 4. The van der Waals surface area contributed by atoms with Crippen LogP contribution in [0.4, 0.5) is 5.69 Å². The Morgan fingerprint density at radius 3 is 2.58 bits per heavy atom. The minimum absolute atomic E-state index is 0.570. The van der Waals surface area contributed by atoms with Gasteiger partial charge in [-0.1, -0.05) is 12.1 Å². The third-order valence-corrected chi connectivity index (χ3v) is 3.90. The molecule has 2 aromatic rings. The molecule has 0 saturated heterocycles. The van der Waals surface area contributed by atoms with Crippen molar-refractivity contribution >= 4 is 23.0 Å². The predicted octanol–water partition coefficient (Wildman–Crippen LogP) is 3.00. The molecule has 1 heterocycles. The first-order valence-electron chi connectivity index (χ1n) is 7.82. The first-order valence-corrected chi connectivity index (χ1v) is 8.23. The summed E-state index contributed by atoms with van der Waals surface area (Å²) in [4.78, 5) is 0. The van der Waals surface area contributed by atoms with Crippen LogP contribution in [0.2, 0.25) is 0 Å². The lowest BCUT2D eigenvalue weighted by Gasteiger charge is -2.19. The molecule has 2 aromatic carbocycles. The average Bonchev–Trinajstić information content (AvgIpc) is 2.62. The highest BCUT2D eigenvalue weighted by Gasteiger charge is 2.11. The van der Waals surface area contributed by atoms with Gasteiger partial charge < -0.3 is 24.8 Å². The van der Waals surface area contributed by atoms with E-state index in [2.05, 4.69) is 22.8 Å². The third-order valence-electron chi connectivity index (χ3n) is 3.66. The lowest BCUT2D eigenvalue weighted by atomic mass is 10.1. The Hall–Kier alpha value is -2.47. The van der Waals surface area contributed by atoms with Crippen LogP contribution in [0.1, 0.15) is 5.56 Å². The second-order valence-electron chi connectivity index (χ2n) is 5.34. The number of nitrogens with one attached hydrogen (secondary N) is 2. The zero-order chi connectivity index (χ0) is 16.8. The van der Waals surface area contributed by atoms with Gasteiger partial charge in [-0.25, -0.2) is 0 Å². The van der Waals surface area contributed by atoms with Gasteiger partial charge in [-0.05, 0) is 48.5 Å². The highest BCUT2D eigenvalue weighted by atomic mass is 32.1. The fraction of sp³-hybridized carbons (Fsp3) is 0.278. The molecular formula is C18H20N2O3S. The number of thiocarbonyl (C=S) groups is 1. The lowest BCUT2D eigenvalue weighted by molar-refractivity contribution is 0.171. The number of anilines is 1. The van der Waals surface area contributed by atoms with E-state index in [4.69, 9.17) is 26.4 Å². The van der Waals surface area contributed by atoms with Crippen molar-refractivity contribution < 1.29 is 14.2 Å². The molecule has 3 rings (SSSR count). The minimum Gasteiger partial charge on any atom is -0.497 e. The number of hydrogen-bond donors (Lipinski definition) is 2. The van der Waals surface area contributed by atoms with E-state index in [-0.39, 0.29) is 0 Å². The van der Waals surface area contributed by atoms with Crippen LogP contribution in [0.5, 0.6) is 17.2 Å². The smallest absolute Gasteiger partial charge is 0.170 e. The molecule has 0 unspecified atom stereocenters. The molecule has 24 heavy (non-hydrogen) atoms. The van der Waals surface area contributed by atoms with Crippen LogP contribution in [-0.2, 0) is 6.42 Å². The van der Waals surface area contributed by atoms with Gasteiger partial charge in [0.15, 0.2) is 16.6 Å². The molecule has 0 spiro atoms. The second kappa shape index (κ2) is 7.88. The monoisotopic (exact) mass is 344 g/mol. The van der Waals surface area contributed by atoms with Gasteiger partial charge in [0, 0.05) is 18.3 Å². The van der Waals surface area contributed by atoms with Crippen molar-refractivity contribution in [2.24, 2.45) is 0 Å². The van der Waals surface area contributed by atoms with Crippen LogP contribution in [-0.4, -0.2) is 32.0 Å². The van der Waals surface area contributed by atoms with Crippen LogP contribution in [0.3, 0.4) is 0 Å². The summed E-state index contributed by atoms with van der Waals surface area (Å²) in [7, 11) is 1.67. The molecule has 0 aromatic heterocycles. The second-order valence-corrected chi connectivity index (χ2v) is 5.75. The summed E-state index contributed by atoms with van der Waals surface area (Å²) >= 11 is 5.33. The van der Waals surface area contributed by atoms with Gasteiger partial charge in [-0.2, -0.15) is 0 Å². The van der Waals surface area contributed by atoms with E-state index in [0.717, 1.165) is 35.9 Å². The third kappa shape index (κ3) is 4.29. The van der Waals surface area contributed by atoms with E-state index in [1.165, 1.54) is 5.56 Å². The normalized spacial score (nSPS) is 12.4. The lowest BCUT2D eigenvalue weighted by Crippen LogP contribution is -2.30. The Bertz CT molecular complexity index is 704. The van der Waals surface area contributed by atoms with Crippen LogP contribution in [0.15, 0.2) is 42.5 Å². The van der Waals surface area contributed by atoms with E-state index < -0.39 is 0 Å². The highest BCUT2D eigenvalue weighted by Crippen LogP contribution is 2.32. The van der Waals surface area contributed by atoms with Gasteiger partial charge in [0.2, 0.25) is 0 Å². The summed E-state index contributed by atoms with van der Waals surface area (Å²) in [5, 5.41) is 6.95. The summed E-state index contributed by atoms with van der Waals surface area (Å²) < 4.78 is 16.2. The molecule has 6 heteroatoms. The van der Waals surface area contributed by atoms with E-state index in [1.807, 2.05) is 30.3 Å². The molecule has 0 bridgehead atoms. The minimum atomic E-state index is 0.570. The van der Waals surface area contributed by atoms with Gasteiger partial charge in [0.05, 0.1) is 7.11 Å². The van der Waals surface area contributed by atoms with Gasteiger partial charge in [0.1, 0.15) is 19.0 Å². The van der Waals surface area contributed by atoms with E-state index in [1.54, 1.807) is 7.11 Å². The molecular weight excluding hydrogens is 324 g/mol. The predicted molar refractivity (Wildman–Crippen MR) is 98.4 cm³/mol. The molecule has 2 N–H and O–H groups in total. The topological polar surface area (TPSA) is 51.8 Å². The largest absolute Gasteiger partial charge is 0.497 e. The summed E-state index contributed by atoms with van der Waals surface area (Å²) in [6, 6.07) is 13.7. The Morgan fingerprint density at radius 2 is 1.83 bits per heavy atom. The van der Waals surface area contributed by atoms with Crippen LogP contribution >= 0.6 is 12.2 Å². The number of rotatable bonds is 5. The van der Waals surface area contributed by atoms with Gasteiger partial charge in [0.25, 0.3) is 0 Å². The molecule has 0 amide bonds. The van der Waals surface area contributed by atoms with Crippen molar-refractivity contribution in [2.45, 2.75) is 6.42 Å². The molecule has 126 valence electrons. The van der Waals surface area contributed by atoms with Crippen molar-refractivity contribution in [1.82, 2.24) is 5.32 Å². The van der Waals surface area contributed by atoms with Crippen molar-refractivity contribution in [2.75, 3.05) is 32.2 Å². The quantitative estimate of drug-likeness (QED) is 0.814. The molecule has 0 radical (unpaired) electrons. The number of ether oxygens (including phenoxy) is 3. The van der Waals surface area contributed by atoms with Gasteiger partial charge >= 0.3 is 0 Å². The maximum absolute atomic E-state index is 5.56.